The number of anilines is 1. The second-order valence-electron chi connectivity index (χ2n) is 4.18. The maximum absolute atomic E-state index is 13.4. The number of benzene rings is 2. The molecule has 21 heavy (non-hydrogen) atoms. The molecular weight excluding hydrogens is 363 g/mol. The molecule has 0 heterocycles. The Hall–Kier alpha value is -1.80. The molecule has 5 nitrogen and oxygen atoms in total. The molecular formula is C13H10BrFN2O3S. The first-order valence-electron chi connectivity index (χ1n) is 5.75. The molecule has 2 aromatic carbocycles. The molecule has 2 N–H and O–H groups in total. The molecule has 0 spiro atoms. The number of nitrogens with two attached hydrogens (primary N) is 1. The van der Waals surface area contributed by atoms with Crippen LogP contribution in [0.2, 0.25) is 0 Å². The zero-order valence-corrected chi connectivity index (χ0v) is 13.0. The molecule has 2 aromatic rings. The van der Waals surface area contributed by atoms with Gasteiger partial charge >= 0.3 is 0 Å². The van der Waals surface area contributed by atoms with Gasteiger partial charge in [0.2, 0.25) is 0 Å². The summed E-state index contributed by atoms with van der Waals surface area (Å²) < 4.78 is 25.9. The van der Waals surface area contributed by atoms with Crippen molar-refractivity contribution in [2.45, 2.75) is 10.6 Å². The summed E-state index contributed by atoms with van der Waals surface area (Å²) in [5.74, 6) is -0.606. The van der Waals surface area contributed by atoms with Crippen molar-refractivity contribution < 1.29 is 13.5 Å². The first-order valence-corrected chi connectivity index (χ1v) is 7.86. The minimum atomic E-state index is -1.53. The predicted molar refractivity (Wildman–Crippen MR) is 81.7 cm³/mol. The van der Waals surface area contributed by atoms with E-state index in [4.69, 9.17) is 5.73 Å². The normalized spacial score (nSPS) is 12.1. The van der Waals surface area contributed by atoms with Gasteiger partial charge in [0.05, 0.1) is 31.6 Å². The average molecular weight is 373 g/mol. The first-order chi connectivity index (χ1) is 9.90. The van der Waals surface area contributed by atoms with E-state index in [-0.39, 0.29) is 26.5 Å². The van der Waals surface area contributed by atoms with Crippen molar-refractivity contribution in [2.75, 3.05) is 5.73 Å². The summed E-state index contributed by atoms with van der Waals surface area (Å²) in [6, 6.07) is 8.41. The fraction of sp³-hybridized carbons (Fsp3) is 0.0769. The van der Waals surface area contributed by atoms with Crippen molar-refractivity contribution in [3.63, 3.8) is 0 Å². The molecule has 110 valence electrons. The van der Waals surface area contributed by atoms with E-state index in [0.29, 0.717) is 5.56 Å². The number of nitrogens with zero attached hydrogens (tertiary/aromatic N) is 1. The minimum absolute atomic E-state index is 0.0210. The van der Waals surface area contributed by atoms with E-state index in [2.05, 4.69) is 15.9 Å². The second kappa shape index (κ2) is 6.31. The Labute approximate surface area is 130 Å². The van der Waals surface area contributed by atoms with Gasteiger partial charge in [-0.05, 0) is 39.7 Å². The van der Waals surface area contributed by atoms with Crippen molar-refractivity contribution in [3.8, 4) is 0 Å². The molecule has 0 aliphatic rings. The summed E-state index contributed by atoms with van der Waals surface area (Å²) in [5.41, 5.74) is 5.75. The number of rotatable bonds is 4. The number of nitro benzene ring substituents is 1. The van der Waals surface area contributed by atoms with Crippen LogP contribution in [0.15, 0.2) is 45.8 Å². The van der Waals surface area contributed by atoms with Gasteiger partial charge in [0.15, 0.2) is 0 Å². The molecule has 8 heteroatoms. The Balaban J connectivity index is 2.29. The maximum atomic E-state index is 13.4. The lowest BCUT2D eigenvalue weighted by molar-refractivity contribution is -0.385. The first kappa shape index (κ1) is 15.6. The zero-order valence-electron chi connectivity index (χ0n) is 10.6. The highest BCUT2D eigenvalue weighted by molar-refractivity contribution is 9.10. The molecule has 0 aliphatic heterocycles. The van der Waals surface area contributed by atoms with Crippen LogP contribution in [0.3, 0.4) is 0 Å². The molecule has 1 unspecified atom stereocenters. The third-order valence-electron chi connectivity index (χ3n) is 2.78. The molecule has 0 amide bonds. The second-order valence-corrected chi connectivity index (χ2v) is 6.42. The van der Waals surface area contributed by atoms with Crippen LogP contribution in [0, 0.1) is 15.9 Å². The topological polar surface area (TPSA) is 86.2 Å². The number of hydrogen-bond donors (Lipinski definition) is 1. The molecule has 2 rings (SSSR count). The summed E-state index contributed by atoms with van der Waals surface area (Å²) in [6.45, 7) is 0. The van der Waals surface area contributed by atoms with Gasteiger partial charge in [0, 0.05) is 11.0 Å². The summed E-state index contributed by atoms with van der Waals surface area (Å²) in [4.78, 5) is 10.6. The minimum Gasteiger partial charge on any atom is -0.396 e. The predicted octanol–water partition coefficient (Wildman–Crippen LogP) is 3.39. The van der Waals surface area contributed by atoms with E-state index >= 15 is 0 Å². The fourth-order valence-corrected chi connectivity index (χ4v) is 3.57. The van der Waals surface area contributed by atoms with Crippen LogP contribution in [0.5, 0.6) is 0 Å². The largest absolute Gasteiger partial charge is 0.396 e. The Morgan fingerprint density at radius 3 is 2.67 bits per heavy atom. The molecule has 1 atom stereocenters. The van der Waals surface area contributed by atoms with Crippen LogP contribution in [0.4, 0.5) is 15.8 Å². The lowest BCUT2D eigenvalue weighted by Crippen LogP contribution is -2.01. The molecule has 0 saturated carbocycles. The Morgan fingerprint density at radius 2 is 2.05 bits per heavy atom. The molecule has 0 saturated heterocycles. The van der Waals surface area contributed by atoms with Gasteiger partial charge in [-0.1, -0.05) is 12.1 Å². The van der Waals surface area contributed by atoms with Crippen molar-refractivity contribution in [1.82, 2.24) is 0 Å². The van der Waals surface area contributed by atoms with Crippen LogP contribution in [0.1, 0.15) is 5.56 Å². The van der Waals surface area contributed by atoms with E-state index in [9.17, 15) is 18.7 Å². The lowest BCUT2D eigenvalue weighted by atomic mass is 10.2. The Kier molecular flexibility index (Phi) is 4.69. The SMILES string of the molecule is Nc1ccc(S(=O)Cc2cccc([N+](=O)[O-])c2Br)cc1F. The third-order valence-corrected chi connectivity index (χ3v) is 5.04. The molecule has 0 aromatic heterocycles. The van der Waals surface area contributed by atoms with E-state index < -0.39 is 21.5 Å². The quantitative estimate of drug-likeness (QED) is 0.506. The van der Waals surface area contributed by atoms with Gasteiger partial charge in [0.25, 0.3) is 5.69 Å². The van der Waals surface area contributed by atoms with Crippen LogP contribution in [-0.4, -0.2) is 9.13 Å². The third kappa shape index (κ3) is 3.45. The van der Waals surface area contributed by atoms with Gasteiger partial charge in [-0.2, -0.15) is 0 Å². The highest BCUT2D eigenvalue weighted by Gasteiger charge is 2.17. The monoisotopic (exact) mass is 372 g/mol. The van der Waals surface area contributed by atoms with Crippen LogP contribution >= 0.6 is 15.9 Å². The van der Waals surface area contributed by atoms with Gasteiger partial charge in [-0.15, -0.1) is 0 Å². The van der Waals surface area contributed by atoms with Crippen molar-refractivity contribution in [2.24, 2.45) is 0 Å². The standard InChI is InChI=1S/C13H10BrFN2O3S/c14-13-8(2-1-3-12(13)17(18)19)7-21(20)9-4-5-11(16)10(15)6-9/h1-6H,7,16H2. The summed E-state index contributed by atoms with van der Waals surface area (Å²) >= 11 is 3.14. The van der Waals surface area contributed by atoms with E-state index in [1.807, 2.05) is 0 Å². The van der Waals surface area contributed by atoms with Crippen molar-refractivity contribution in [1.29, 1.82) is 0 Å². The highest BCUT2D eigenvalue weighted by Crippen LogP contribution is 2.30. The van der Waals surface area contributed by atoms with Gasteiger partial charge < -0.3 is 5.73 Å². The van der Waals surface area contributed by atoms with Gasteiger partial charge in [0.1, 0.15) is 5.82 Å². The van der Waals surface area contributed by atoms with Gasteiger partial charge in [-0.25, -0.2) is 4.39 Å². The molecule has 0 bridgehead atoms. The van der Waals surface area contributed by atoms with Crippen LogP contribution in [0.25, 0.3) is 0 Å². The van der Waals surface area contributed by atoms with Gasteiger partial charge in [-0.3, -0.25) is 14.3 Å². The summed E-state index contributed by atoms with van der Waals surface area (Å²) in [6.07, 6.45) is 0. The number of nitro groups is 1. The zero-order chi connectivity index (χ0) is 15.6. The number of hydrogen-bond acceptors (Lipinski definition) is 4. The highest BCUT2D eigenvalue weighted by atomic mass is 79.9. The van der Waals surface area contributed by atoms with E-state index in [0.717, 1.165) is 6.07 Å². The van der Waals surface area contributed by atoms with Crippen LogP contribution in [-0.2, 0) is 16.6 Å². The van der Waals surface area contributed by atoms with Crippen molar-refractivity contribution >= 4 is 38.1 Å². The van der Waals surface area contributed by atoms with E-state index in [1.165, 1.54) is 24.3 Å². The molecule has 0 aliphatic carbocycles. The van der Waals surface area contributed by atoms with Crippen molar-refractivity contribution in [3.05, 3.63) is 62.4 Å². The Morgan fingerprint density at radius 1 is 1.33 bits per heavy atom. The summed E-state index contributed by atoms with van der Waals surface area (Å²) in [7, 11) is -1.53. The van der Waals surface area contributed by atoms with E-state index in [1.54, 1.807) is 6.07 Å². The Bertz CT molecular complexity index is 739. The van der Waals surface area contributed by atoms with Crippen LogP contribution < -0.4 is 5.73 Å². The summed E-state index contributed by atoms with van der Waals surface area (Å²) in [5, 5.41) is 10.8. The number of halogens is 2. The molecule has 0 radical (unpaired) electrons. The lowest BCUT2D eigenvalue weighted by Gasteiger charge is -2.06. The smallest absolute Gasteiger partial charge is 0.283 e. The number of nitrogen functional groups attached to an aromatic ring is 1. The maximum Gasteiger partial charge on any atom is 0.283 e. The fourth-order valence-electron chi connectivity index (χ4n) is 1.69. The molecule has 0 fully saturated rings. The average Bonchev–Trinajstić information content (AvgIpc) is 2.43.